The van der Waals surface area contributed by atoms with Crippen LogP contribution < -0.4 is 5.56 Å². The van der Waals surface area contributed by atoms with E-state index in [2.05, 4.69) is 25.5 Å². The van der Waals surface area contributed by atoms with Gasteiger partial charge in [-0.15, -0.1) is 16.4 Å². The highest BCUT2D eigenvalue weighted by molar-refractivity contribution is 7.99. The van der Waals surface area contributed by atoms with E-state index in [0.29, 0.717) is 16.4 Å². The predicted molar refractivity (Wildman–Crippen MR) is 82.8 cm³/mol. The number of thioether (sulfide) groups is 1. The van der Waals surface area contributed by atoms with Crippen molar-refractivity contribution >= 4 is 33.3 Å². The van der Waals surface area contributed by atoms with E-state index < -0.39 is 0 Å². The zero-order valence-electron chi connectivity index (χ0n) is 12.0. The van der Waals surface area contributed by atoms with Gasteiger partial charge in [-0.2, -0.15) is 0 Å². The van der Waals surface area contributed by atoms with Crippen LogP contribution in [0.2, 0.25) is 0 Å². The third kappa shape index (κ3) is 2.46. The molecule has 1 N–H and O–H groups in total. The molecule has 9 heteroatoms. The summed E-state index contributed by atoms with van der Waals surface area (Å²) in [7, 11) is 1.78. The van der Waals surface area contributed by atoms with Crippen molar-refractivity contribution in [2.24, 2.45) is 7.05 Å². The summed E-state index contributed by atoms with van der Waals surface area (Å²) in [6.07, 6.45) is 0. The van der Waals surface area contributed by atoms with Gasteiger partial charge in [0.2, 0.25) is 5.16 Å². The summed E-state index contributed by atoms with van der Waals surface area (Å²) in [6.45, 7) is 5.93. The van der Waals surface area contributed by atoms with Crippen LogP contribution in [0.25, 0.3) is 10.2 Å². The van der Waals surface area contributed by atoms with Crippen LogP contribution in [-0.4, -0.2) is 30.2 Å². The Labute approximate surface area is 128 Å². The molecule has 3 heterocycles. The number of aromatic nitrogens is 6. The number of nitrogens with zero attached hydrogens (tertiary/aromatic N) is 5. The maximum Gasteiger partial charge on any atom is 0.259 e. The molecule has 0 aliphatic carbocycles. The van der Waals surface area contributed by atoms with Gasteiger partial charge in [-0.25, -0.2) is 9.67 Å². The SMILES string of the molecule is Cc1sc2nc([C@H](C)Sc3nnnn3C)[nH]c(=O)c2c1C. The summed E-state index contributed by atoms with van der Waals surface area (Å²) >= 11 is 3.01. The molecule has 0 aromatic carbocycles. The molecule has 7 nitrogen and oxygen atoms in total. The van der Waals surface area contributed by atoms with Crippen molar-refractivity contribution in [2.75, 3.05) is 0 Å². The molecule has 0 fully saturated rings. The summed E-state index contributed by atoms with van der Waals surface area (Å²) in [5.41, 5.74) is 0.925. The average Bonchev–Trinajstić information content (AvgIpc) is 2.95. The Morgan fingerprint density at radius 1 is 1.38 bits per heavy atom. The minimum Gasteiger partial charge on any atom is -0.309 e. The van der Waals surface area contributed by atoms with Gasteiger partial charge in [0, 0.05) is 11.9 Å². The predicted octanol–water partition coefficient (Wildman–Crippen LogP) is 1.98. The highest BCUT2D eigenvalue weighted by atomic mass is 32.2. The Kier molecular flexibility index (Phi) is 3.54. The van der Waals surface area contributed by atoms with E-state index in [1.54, 1.807) is 23.1 Å². The van der Waals surface area contributed by atoms with Crippen molar-refractivity contribution in [3.8, 4) is 0 Å². The molecule has 0 bridgehead atoms. The Morgan fingerprint density at radius 2 is 2.14 bits per heavy atom. The molecule has 0 saturated heterocycles. The van der Waals surface area contributed by atoms with E-state index in [9.17, 15) is 4.79 Å². The fraction of sp³-hybridized carbons (Fsp3) is 0.417. The fourth-order valence-corrected chi connectivity index (χ4v) is 3.85. The van der Waals surface area contributed by atoms with Crippen molar-refractivity contribution in [2.45, 2.75) is 31.2 Å². The van der Waals surface area contributed by atoms with E-state index in [1.165, 1.54) is 11.8 Å². The van der Waals surface area contributed by atoms with Crippen LogP contribution >= 0.6 is 23.1 Å². The third-order valence-electron chi connectivity index (χ3n) is 3.31. The van der Waals surface area contributed by atoms with E-state index in [4.69, 9.17) is 0 Å². The lowest BCUT2D eigenvalue weighted by Gasteiger charge is -2.08. The Hall–Kier alpha value is -1.74. The molecule has 1 atom stereocenters. The Bertz CT molecular complexity index is 864. The molecule has 3 aromatic heterocycles. The number of hydrogen-bond acceptors (Lipinski definition) is 7. The second kappa shape index (κ2) is 5.23. The summed E-state index contributed by atoms with van der Waals surface area (Å²) < 4.78 is 1.59. The van der Waals surface area contributed by atoms with E-state index >= 15 is 0 Å². The lowest BCUT2D eigenvalue weighted by atomic mass is 10.2. The highest BCUT2D eigenvalue weighted by Crippen LogP contribution is 2.32. The molecule has 110 valence electrons. The molecule has 0 radical (unpaired) electrons. The lowest BCUT2D eigenvalue weighted by Crippen LogP contribution is -2.12. The van der Waals surface area contributed by atoms with Gasteiger partial charge < -0.3 is 4.98 Å². The number of nitrogens with one attached hydrogen (secondary N) is 1. The van der Waals surface area contributed by atoms with Gasteiger partial charge in [-0.3, -0.25) is 4.79 Å². The number of H-pyrrole nitrogens is 1. The van der Waals surface area contributed by atoms with E-state index in [1.807, 2.05) is 20.8 Å². The maximum atomic E-state index is 12.3. The number of aromatic amines is 1. The van der Waals surface area contributed by atoms with Crippen molar-refractivity contribution in [3.05, 3.63) is 26.6 Å². The molecular formula is C12H14N6OS2. The lowest BCUT2D eigenvalue weighted by molar-refractivity contribution is 0.663. The monoisotopic (exact) mass is 322 g/mol. The first-order chi connectivity index (χ1) is 9.97. The van der Waals surface area contributed by atoms with Crippen LogP contribution in [0.15, 0.2) is 9.95 Å². The molecule has 0 aliphatic rings. The number of rotatable bonds is 3. The van der Waals surface area contributed by atoms with Gasteiger partial charge >= 0.3 is 0 Å². The first-order valence-electron chi connectivity index (χ1n) is 6.36. The average molecular weight is 322 g/mol. The normalized spacial score (nSPS) is 13.0. The van der Waals surface area contributed by atoms with Crippen LogP contribution in [0.4, 0.5) is 0 Å². The molecule has 0 unspecified atom stereocenters. The molecule has 0 spiro atoms. The van der Waals surface area contributed by atoms with Gasteiger partial charge in [-0.05, 0) is 36.8 Å². The second-order valence-electron chi connectivity index (χ2n) is 4.76. The molecule has 21 heavy (non-hydrogen) atoms. The van der Waals surface area contributed by atoms with Crippen molar-refractivity contribution in [3.63, 3.8) is 0 Å². The van der Waals surface area contributed by atoms with E-state index in [-0.39, 0.29) is 10.8 Å². The van der Waals surface area contributed by atoms with Crippen LogP contribution in [0.3, 0.4) is 0 Å². The number of tetrazole rings is 1. The van der Waals surface area contributed by atoms with Gasteiger partial charge in [0.1, 0.15) is 10.7 Å². The minimum atomic E-state index is -0.0830. The quantitative estimate of drug-likeness (QED) is 0.742. The topological polar surface area (TPSA) is 89.3 Å². The largest absolute Gasteiger partial charge is 0.309 e. The molecule has 0 saturated carbocycles. The molecule has 3 aromatic rings. The smallest absolute Gasteiger partial charge is 0.259 e. The van der Waals surface area contributed by atoms with Gasteiger partial charge in [0.25, 0.3) is 5.56 Å². The molecular weight excluding hydrogens is 308 g/mol. The summed E-state index contributed by atoms with van der Waals surface area (Å²) in [4.78, 5) is 21.6. The second-order valence-corrected chi connectivity index (χ2v) is 7.27. The fourth-order valence-electron chi connectivity index (χ4n) is 2.00. The minimum absolute atomic E-state index is 0.0467. The summed E-state index contributed by atoms with van der Waals surface area (Å²) in [5, 5.41) is 12.7. The number of fused-ring (bicyclic) bond motifs is 1. The Balaban J connectivity index is 2.01. The number of hydrogen-bond donors (Lipinski definition) is 1. The van der Waals surface area contributed by atoms with Crippen molar-refractivity contribution < 1.29 is 0 Å². The maximum absolute atomic E-state index is 12.3. The van der Waals surface area contributed by atoms with Crippen LogP contribution in [0, 0.1) is 13.8 Å². The Morgan fingerprint density at radius 3 is 2.81 bits per heavy atom. The van der Waals surface area contributed by atoms with Gasteiger partial charge in [-0.1, -0.05) is 11.8 Å². The van der Waals surface area contributed by atoms with Crippen LogP contribution in [0.5, 0.6) is 0 Å². The first kappa shape index (κ1) is 14.2. The molecule has 0 amide bonds. The number of aryl methyl sites for hydroxylation is 3. The third-order valence-corrected chi connectivity index (χ3v) is 5.54. The van der Waals surface area contributed by atoms with Gasteiger partial charge in [0.05, 0.1) is 10.6 Å². The number of thiophene rings is 1. The van der Waals surface area contributed by atoms with Crippen molar-refractivity contribution in [1.29, 1.82) is 0 Å². The zero-order chi connectivity index (χ0) is 15.1. The highest BCUT2D eigenvalue weighted by Gasteiger charge is 2.17. The molecule has 0 aliphatic heterocycles. The molecule has 3 rings (SSSR count). The van der Waals surface area contributed by atoms with E-state index in [0.717, 1.165) is 15.3 Å². The first-order valence-corrected chi connectivity index (χ1v) is 8.06. The van der Waals surface area contributed by atoms with Crippen LogP contribution in [-0.2, 0) is 7.05 Å². The summed E-state index contributed by atoms with van der Waals surface area (Å²) in [5.74, 6) is 0.641. The van der Waals surface area contributed by atoms with Crippen LogP contribution in [0.1, 0.15) is 28.4 Å². The summed E-state index contributed by atoms with van der Waals surface area (Å²) in [6, 6.07) is 0. The van der Waals surface area contributed by atoms with Crippen molar-refractivity contribution in [1.82, 2.24) is 30.2 Å². The zero-order valence-corrected chi connectivity index (χ0v) is 13.7. The standard InChI is InChI=1S/C12H14N6OS2/c1-5-6(2)20-11-8(5)10(19)13-9(14-11)7(3)21-12-15-16-17-18(12)4/h7H,1-4H3,(H,13,14,19)/t7-/m0/s1. The van der Waals surface area contributed by atoms with Gasteiger partial charge in [0.15, 0.2) is 0 Å².